The van der Waals surface area contributed by atoms with Crippen molar-refractivity contribution in [3.8, 4) is 5.75 Å². The molecule has 4 aromatic rings. The molecular formula is C23H21N3O2S. The highest BCUT2D eigenvalue weighted by Crippen LogP contribution is 2.30. The van der Waals surface area contributed by atoms with Gasteiger partial charge in [-0.05, 0) is 47.9 Å². The van der Waals surface area contributed by atoms with Gasteiger partial charge in [-0.2, -0.15) is 0 Å². The number of nitrogens with zero attached hydrogens (tertiary/aromatic N) is 3. The number of benzene rings is 2. The molecule has 6 heteroatoms. The van der Waals surface area contributed by atoms with Crippen LogP contribution in [0, 0.1) is 6.92 Å². The fourth-order valence-electron chi connectivity index (χ4n) is 3.23. The fraction of sp³-hybridized carbons (Fsp3) is 0.174. The molecule has 0 atom stereocenters. The number of aromatic nitrogens is 2. The van der Waals surface area contributed by atoms with Gasteiger partial charge in [0.05, 0.1) is 30.3 Å². The highest BCUT2D eigenvalue weighted by Gasteiger charge is 2.21. The van der Waals surface area contributed by atoms with Crippen LogP contribution in [0.1, 0.15) is 16.7 Å². The molecule has 5 nitrogen and oxygen atoms in total. The zero-order valence-electron chi connectivity index (χ0n) is 16.3. The molecule has 0 N–H and O–H groups in total. The van der Waals surface area contributed by atoms with Gasteiger partial charge in [-0.15, -0.1) is 0 Å². The number of pyridine rings is 1. The lowest BCUT2D eigenvalue weighted by Crippen LogP contribution is -2.31. The van der Waals surface area contributed by atoms with Crippen molar-refractivity contribution >= 4 is 32.6 Å². The largest absolute Gasteiger partial charge is 0.496 e. The molecule has 146 valence electrons. The first-order chi connectivity index (χ1) is 14.1. The number of hydrogen-bond acceptors (Lipinski definition) is 5. The Labute approximate surface area is 173 Å². The third-order valence-corrected chi connectivity index (χ3v) is 5.75. The van der Waals surface area contributed by atoms with Gasteiger partial charge < -0.3 is 4.74 Å². The van der Waals surface area contributed by atoms with E-state index in [1.165, 1.54) is 11.3 Å². The number of aryl methyl sites for hydroxylation is 1. The molecule has 0 bridgehead atoms. The van der Waals surface area contributed by atoms with Gasteiger partial charge in [-0.1, -0.05) is 41.7 Å². The average molecular weight is 404 g/mol. The lowest BCUT2D eigenvalue weighted by atomic mass is 10.1. The van der Waals surface area contributed by atoms with Gasteiger partial charge in [0, 0.05) is 12.4 Å². The Morgan fingerprint density at radius 2 is 1.97 bits per heavy atom. The molecule has 2 heterocycles. The predicted octanol–water partition coefficient (Wildman–Crippen LogP) is 4.78. The third kappa shape index (κ3) is 4.27. The van der Waals surface area contributed by atoms with Crippen molar-refractivity contribution in [2.75, 3.05) is 12.0 Å². The summed E-state index contributed by atoms with van der Waals surface area (Å²) >= 11 is 1.53. The summed E-state index contributed by atoms with van der Waals surface area (Å²) in [5.41, 5.74) is 3.82. The highest BCUT2D eigenvalue weighted by atomic mass is 32.1. The van der Waals surface area contributed by atoms with E-state index in [9.17, 15) is 4.79 Å². The predicted molar refractivity (Wildman–Crippen MR) is 116 cm³/mol. The number of fused-ring (bicyclic) bond motifs is 1. The molecule has 4 rings (SSSR count). The molecular weight excluding hydrogens is 382 g/mol. The van der Waals surface area contributed by atoms with Gasteiger partial charge in [0.1, 0.15) is 5.75 Å². The van der Waals surface area contributed by atoms with Crippen LogP contribution in [0.25, 0.3) is 10.2 Å². The van der Waals surface area contributed by atoms with Crippen LogP contribution in [0.5, 0.6) is 5.75 Å². The fourth-order valence-corrected chi connectivity index (χ4v) is 4.21. The number of methoxy groups -OCH3 is 1. The minimum atomic E-state index is -0.00234. The number of amides is 1. The summed E-state index contributed by atoms with van der Waals surface area (Å²) in [6.07, 6.45) is 3.81. The standard InChI is InChI=1S/C23H21N3O2S/c1-16-12-17(9-10-20(16)28-2)13-22(27)26(15-18-6-5-11-24-14-18)23-25-19-7-3-4-8-21(19)29-23/h3-12,14H,13,15H2,1-2H3. The molecule has 0 radical (unpaired) electrons. The zero-order valence-corrected chi connectivity index (χ0v) is 17.1. The van der Waals surface area contributed by atoms with E-state index in [0.29, 0.717) is 18.1 Å². The Hall–Kier alpha value is -3.25. The van der Waals surface area contributed by atoms with Crippen molar-refractivity contribution in [3.63, 3.8) is 0 Å². The topological polar surface area (TPSA) is 55.3 Å². The molecule has 0 fully saturated rings. The van der Waals surface area contributed by atoms with Crippen molar-refractivity contribution in [3.05, 3.63) is 83.7 Å². The summed E-state index contributed by atoms with van der Waals surface area (Å²) in [6.45, 7) is 2.41. The lowest BCUT2D eigenvalue weighted by Gasteiger charge is -2.20. The Morgan fingerprint density at radius 3 is 2.69 bits per heavy atom. The minimum Gasteiger partial charge on any atom is -0.496 e. The van der Waals surface area contributed by atoms with Gasteiger partial charge in [0.25, 0.3) is 0 Å². The van der Waals surface area contributed by atoms with E-state index in [-0.39, 0.29) is 5.91 Å². The second-order valence-corrected chi connectivity index (χ2v) is 7.80. The third-order valence-electron chi connectivity index (χ3n) is 4.69. The molecule has 2 aromatic heterocycles. The van der Waals surface area contributed by atoms with E-state index in [1.807, 2.05) is 61.5 Å². The number of rotatable bonds is 6. The van der Waals surface area contributed by atoms with Gasteiger partial charge in [-0.3, -0.25) is 14.7 Å². The molecule has 0 spiro atoms. The zero-order chi connectivity index (χ0) is 20.2. The smallest absolute Gasteiger partial charge is 0.233 e. The normalized spacial score (nSPS) is 10.8. The van der Waals surface area contributed by atoms with E-state index >= 15 is 0 Å². The van der Waals surface area contributed by atoms with Gasteiger partial charge in [-0.25, -0.2) is 4.98 Å². The quantitative estimate of drug-likeness (QED) is 0.465. The van der Waals surface area contributed by atoms with E-state index < -0.39 is 0 Å². The number of para-hydroxylation sites is 1. The van der Waals surface area contributed by atoms with Crippen molar-refractivity contribution in [2.45, 2.75) is 19.9 Å². The van der Waals surface area contributed by atoms with Crippen LogP contribution >= 0.6 is 11.3 Å². The molecule has 0 saturated carbocycles. The first-order valence-electron chi connectivity index (χ1n) is 9.32. The van der Waals surface area contributed by atoms with Crippen LogP contribution in [0.3, 0.4) is 0 Å². The minimum absolute atomic E-state index is 0.00234. The number of carbonyl (C=O) groups excluding carboxylic acids is 1. The molecule has 2 aromatic carbocycles. The number of ether oxygens (including phenoxy) is 1. The van der Waals surface area contributed by atoms with Gasteiger partial charge in [0.15, 0.2) is 5.13 Å². The molecule has 0 aliphatic carbocycles. The Morgan fingerprint density at radius 1 is 1.10 bits per heavy atom. The molecule has 0 unspecified atom stereocenters. The summed E-state index contributed by atoms with van der Waals surface area (Å²) in [5, 5.41) is 0.699. The van der Waals surface area contributed by atoms with E-state index in [2.05, 4.69) is 4.98 Å². The number of carbonyl (C=O) groups is 1. The van der Waals surface area contributed by atoms with Crippen LogP contribution in [0.4, 0.5) is 5.13 Å². The molecule has 1 amide bonds. The van der Waals surface area contributed by atoms with Crippen molar-refractivity contribution in [1.29, 1.82) is 0 Å². The second-order valence-electron chi connectivity index (χ2n) is 6.79. The van der Waals surface area contributed by atoms with E-state index in [0.717, 1.165) is 32.7 Å². The van der Waals surface area contributed by atoms with Crippen molar-refractivity contribution in [2.24, 2.45) is 0 Å². The van der Waals surface area contributed by atoms with Crippen molar-refractivity contribution in [1.82, 2.24) is 9.97 Å². The maximum Gasteiger partial charge on any atom is 0.233 e. The van der Waals surface area contributed by atoms with Crippen LogP contribution in [-0.4, -0.2) is 23.0 Å². The SMILES string of the molecule is COc1ccc(CC(=O)N(Cc2cccnc2)c2nc3ccccc3s2)cc1C. The molecule has 0 saturated heterocycles. The number of thiazole rings is 1. The average Bonchev–Trinajstić information content (AvgIpc) is 3.16. The lowest BCUT2D eigenvalue weighted by molar-refractivity contribution is -0.118. The first-order valence-corrected chi connectivity index (χ1v) is 10.1. The number of anilines is 1. The number of hydrogen-bond donors (Lipinski definition) is 0. The Bertz CT molecular complexity index is 1110. The summed E-state index contributed by atoms with van der Waals surface area (Å²) in [4.78, 5) is 23.9. The van der Waals surface area contributed by atoms with Crippen LogP contribution < -0.4 is 9.64 Å². The Kier molecular flexibility index (Phi) is 5.53. The molecule has 0 aliphatic heterocycles. The summed E-state index contributed by atoms with van der Waals surface area (Å²) in [6, 6.07) is 17.6. The highest BCUT2D eigenvalue weighted by molar-refractivity contribution is 7.22. The molecule has 0 aliphatic rings. The Balaban J connectivity index is 1.65. The summed E-state index contributed by atoms with van der Waals surface area (Å²) in [5.74, 6) is 0.817. The van der Waals surface area contributed by atoms with Crippen LogP contribution in [-0.2, 0) is 17.8 Å². The van der Waals surface area contributed by atoms with E-state index in [1.54, 1.807) is 24.4 Å². The summed E-state index contributed by atoms with van der Waals surface area (Å²) < 4.78 is 6.39. The molecule has 29 heavy (non-hydrogen) atoms. The summed E-state index contributed by atoms with van der Waals surface area (Å²) in [7, 11) is 1.65. The van der Waals surface area contributed by atoms with Gasteiger partial charge >= 0.3 is 0 Å². The maximum atomic E-state index is 13.3. The van der Waals surface area contributed by atoms with Crippen LogP contribution in [0.15, 0.2) is 67.0 Å². The maximum absolute atomic E-state index is 13.3. The first kappa shape index (κ1) is 19.1. The monoisotopic (exact) mass is 403 g/mol. The van der Waals surface area contributed by atoms with Crippen LogP contribution in [0.2, 0.25) is 0 Å². The van der Waals surface area contributed by atoms with Crippen molar-refractivity contribution < 1.29 is 9.53 Å². The van der Waals surface area contributed by atoms with Gasteiger partial charge in [0.2, 0.25) is 5.91 Å². The van der Waals surface area contributed by atoms with E-state index in [4.69, 9.17) is 9.72 Å². The second kappa shape index (κ2) is 8.41.